The first kappa shape index (κ1) is 15.4. The van der Waals surface area contributed by atoms with Crippen molar-refractivity contribution in [2.75, 3.05) is 6.26 Å². The summed E-state index contributed by atoms with van der Waals surface area (Å²) in [6, 6.07) is 13.6. The summed E-state index contributed by atoms with van der Waals surface area (Å²) in [6.45, 7) is 2.10. The molecule has 0 bridgehead atoms. The average Bonchev–Trinajstić information content (AvgIpc) is 2.46. The molecule has 21 heavy (non-hydrogen) atoms. The quantitative estimate of drug-likeness (QED) is 0.796. The second-order valence-corrected chi connectivity index (χ2v) is 7.09. The zero-order valence-corrected chi connectivity index (χ0v) is 13.0. The highest BCUT2D eigenvalue weighted by Gasteiger charge is 2.12. The van der Waals surface area contributed by atoms with Gasteiger partial charge in [0.05, 0.1) is 4.90 Å². The van der Waals surface area contributed by atoms with Crippen LogP contribution in [0.5, 0.6) is 0 Å². The zero-order valence-electron chi connectivity index (χ0n) is 12.2. The molecule has 0 aromatic heterocycles. The van der Waals surface area contributed by atoms with Crippen LogP contribution in [0.4, 0.5) is 0 Å². The molecule has 110 valence electrons. The van der Waals surface area contributed by atoms with Crippen molar-refractivity contribution in [2.45, 2.75) is 24.7 Å². The third-order valence-corrected chi connectivity index (χ3v) is 4.40. The van der Waals surface area contributed by atoms with Gasteiger partial charge in [-0.25, -0.2) is 8.42 Å². The van der Waals surface area contributed by atoms with Crippen LogP contribution < -0.4 is 0 Å². The summed E-state index contributed by atoms with van der Waals surface area (Å²) in [5.74, 6) is -0.0898. The van der Waals surface area contributed by atoms with Crippen LogP contribution in [0.15, 0.2) is 53.4 Å². The lowest BCUT2D eigenvalue weighted by molar-refractivity contribution is 0.103. The highest BCUT2D eigenvalue weighted by atomic mass is 32.2. The summed E-state index contributed by atoms with van der Waals surface area (Å²) in [5, 5.41) is 0. The zero-order chi connectivity index (χ0) is 15.5. The second kappa shape index (κ2) is 6.22. The summed E-state index contributed by atoms with van der Waals surface area (Å²) >= 11 is 0. The molecule has 0 N–H and O–H groups in total. The van der Waals surface area contributed by atoms with Gasteiger partial charge in [0.2, 0.25) is 0 Å². The number of hydrogen-bond acceptors (Lipinski definition) is 3. The Bertz CT molecular complexity index is 744. The predicted molar refractivity (Wildman–Crippen MR) is 83.4 cm³/mol. The molecule has 0 saturated heterocycles. The highest BCUT2D eigenvalue weighted by molar-refractivity contribution is 7.90. The molecule has 0 saturated carbocycles. The third-order valence-electron chi connectivity index (χ3n) is 3.27. The molecule has 2 aromatic carbocycles. The number of aryl methyl sites for hydroxylation is 1. The largest absolute Gasteiger partial charge is 0.289 e. The molecule has 2 rings (SSSR count). The first-order chi connectivity index (χ1) is 9.91. The van der Waals surface area contributed by atoms with Gasteiger partial charge in [-0.05, 0) is 42.3 Å². The summed E-state index contributed by atoms with van der Waals surface area (Å²) in [6.07, 6.45) is 3.12. The monoisotopic (exact) mass is 302 g/mol. The van der Waals surface area contributed by atoms with Crippen molar-refractivity contribution in [1.29, 1.82) is 0 Å². The van der Waals surface area contributed by atoms with Crippen LogP contribution >= 0.6 is 0 Å². The van der Waals surface area contributed by atoms with Crippen molar-refractivity contribution in [2.24, 2.45) is 0 Å². The van der Waals surface area contributed by atoms with Gasteiger partial charge in [-0.15, -0.1) is 0 Å². The maximum absolute atomic E-state index is 12.4. The van der Waals surface area contributed by atoms with E-state index in [2.05, 4.69) is 6.92 Å². The predicted octanol–water partition coefficient (Wildman–Crippen LogP) is 3.27. The van der Waals surface area contributed by atoms with Gasteiger partial charge in [0.1, 0.15) is 0 Å². The summed E-state index contributed by atoms with van der Waals surface area (Å²) in [4.78, 5) is 12.6. The van der Waals surface area contributed by atoms with Crippen LogP contribution in [-0.4, -0.2) is 20.5 Å². The van der Waals surface area contributed by atoms with Crippen LogP contribution in [0.25, 0.3) is 0 Å². The Morgan fingerprint density at radius 2 is 1.67 bits per heavy atom. The van der Waals surface area contributed by atoms with E-state index in [0.717, 1.165) is 24.7 Å². The van der Waals surface area contributed by atoms with E-state index in [4.69, 9.17) is 0 Å². The van der Waals surface area contributed by atoms with E-state index >= 15 is 0 Å². The minimum Gasteiger partial charge on any atom is -0.289 e. The van der Waals surface area contributed by atoms with Crippen LogP contribution in [0, 0.1) is 0 Å². The first-order valence-corrected chi connectivity index (χ1v) is 8.74. The SMILES string of the molecule is CCCc1cccc(C(=O)c2ccc(S(C)(=O)=O)cc2)c1. The Morgan fingerprint density at radius 1 is 1.00 bits per heavy atom. The Morgan fingerprint density at radius 3 is 2.24 bits per heavy atom. The maximum Gasteiger partial charge on any atom is 0.193 e. The summed E-state index contributed by atoms with van der Waals surface area (Å²) in [7, 11) is -3.24. The average molecular weight is 302 g/mol. The molecule has 0 aliphatic carbocycles. The number of benzene rings is 2. The molecule has 0 amide bonds. The van der Waals surface area contributed by atoms with Gasteiger partial charge in [0, 0.05) is 17.4 Å². The van der Waals surface area contributed by atoms with Gasteiger partial charge in [0.25, 0.3) is 0 Å². The number of ketones is 1. The Kier molecular flexibility index (Phi) is 4.58. The molecule has 0 radical (unpaired) electrons. The molecule has 0 atom stereocenters. The molecule has 3 nitrogen and oxygen atoms in total. The molecule has 0 fully saturated rings. The highest BCUT2D eigenvalue weighted by Crippen LogP contribution is 2.15. The van der Waals surface area contributed by atoms with E-state index in [1.807, 2.05) is 18.2 Å². The minimum absolute atomic E-state index is 0.0898. The van der Waals surface area contributed by atoms with Gasteiger partial charge < -0.3 is 0 Å². The lowest BCUT2D eigenvalue weighted by atomic mass is 10.00. The van der Waals surface area contributed by atoms with Gasteiger partial charge in [0.15, 0.2) is 15.6 Å². The summed E-state index contributed by atoms with van der Waals surface area (Å²) in [5.41, 5.74) is 2.26. The lowest BCUT2D eigenvalue weighted by Crippen LogP contribution is -2.03. The van der Waals surface area contributed by atoms with E-state index in [1.54, 1.807) is 18.2 Å². The Balaban J connectivity index is 2.30. The van der Waals surface area contributed by atoms with Crippen LogP contribution in [0.1, 0.15) is 34.8 Å². The van der Waals surface area contributed by atoms with Crippen molar-refractivity contribution in [3.8, 4) is 0 Å². The van der Waals surface area contributed by atoms with E-state index in [-0.39, 0.29) is 10.7 Å². The fourth-order valence-corrected chi connectivity index (χ4v) is 2.81. The van der Waals surface area contributed by atoms with E-state index in [0.29, 0.717) is 11.1 Å². The van der Waals surface area contributed by atoms with Crippen molar-refractivity contribution in [3.63, 3.8) is 0 Å². The smallest absolute Gasteiger partial charge is 0.193 e. The Hall–Kier alpha value is -1.94. The molecular formula is C17H18O3S. The van der Waals surface area contributed by atoms with E-state index < -0.39 is 9.84 Å². The third kappa shape index (κ3) is 3.79. The topological polar surface area (TPSA) is 51.2 Å². The van der Waals surface area contributed by atoms with Crippen molar-refractivity contribution < 1.29 is 13.2 Å². The van der Waals surface area contributed by atoms with E-state index in [1.165, 1.54) is 12.1 Å². The number of sulfone groups is 1. The van der Waals surface area contributed by atoms with Crippen LogP contribution in [0.2, 0.25) is 0 Å². The normalized spacial score (nSPS) is 11.3. The molecule has 0 heterocycles. The van der Waals surface area contributed by atoms with Crippen molar-refractivity contribution in [1.82, 2.24) is 0 Å². The first-order valence-electron chi connectivity index (χ1n) is 6.85. The number of rotatable bonds is 5. The number of hydrogen-bond donors (Lipinski definition) is 0. The van der Waals surface area contributed by atoms with Gasteiger partial charge in [-0.2, -0.15) is 0 Å². The molecule has 0 spiro atoms. The standard InChI is InChI=1S/C17H18O3S/c1-3-5-13-6-4-7-15(12-13)17(18)14-8-10-16(11-9-14)21(2,19)20/h4,6-12H,3,5H2,1-2H3. The molecule has 0 unspecified atom stereocenters. The van der Waals surface area contributed by atoms with Crippen molar-refractivity contribution >= 4 is 15.6 Å². The Labute approximate surface area is 125 Å². The molecule has 4 heteroatoms. The summed E-state index contributed by atoms with van der Waals surface area (Å²) < 4.78 is 22.8. The fourth-order valence-electron chi connectivity index (χ4n) is 2.18. The van der Waals surface area contributed by atoms with E-state index in [9.17, 15) is 13.2 Å². The van der Waals surface area contributed by atoms with Crippen LogP contribution in [-0.2, 0) is 16.3 Å². The molecule has 0 aliphatic rings. The molecule has 2 aromatic rings. The maximum atomic E-state index is 12.4. The van der Waals surface area contributed by atoms with Crippen molar-refractivity contribution in [3.05, 3.63) is 65.2 Å². The van der Waals surface area contributed by atoms with Crippen LogP contribution in [0.3, 0.4) is 0 Å². The number of carbonyl (C=O) groups excluding carboxylic acids is 1. The minimum atomic E-state index is -3.24. The van der Waals surface area contributed by atoms with Gasteiger partial charge >= 0.3 is 0 Å². The molecular weight excluding hydrogens is 284 g/mol. The fraction of sp³-hybridized carbons (Fsp3) is 0.235. The second-order valence-electron chi connectivity index (χ2n) is 5.08. The number of carbonyl (C=O) groups is 1. The van der Waals surface area contributed by atoms with Gasteiger partial charge in [-0.3, -0.25) is 4.79 Å². The lowest BCUT2D eigenvalue weighted by Gasteiger charge is -2.05. The molecule has 0 aliphatic heterocycles. The van der Waals surface area contributed by atoms with Gasteiger partial charge in [-0.1, -0.05) is 31.5 Å².